The smallest absolute Gasteiger partial charge is 0.318 e. The van der Waals surface area contributed by atoms with Crippen molar-refractivity contribution >= 4 is 29.3 Å². The quantitative estimate of drug-likeness (QED) is 0.434. The fraction of sp³-hybridized carbons (Fsp3) is 0.400. The number of carbonyl (C=O) groups is 4. The fourth-order valence-electron chi connectivity index (χ4n) is 5.18. The van der Waals surface area contributed by atoms with Gasteiger partial charge < -0.3 is 5.32 Å². The third kappa shape index (κ3) is 2.73. The molecule has 10 heteroatoms. The van der Waals surface area contributed by atoms with Crippen LogP contribution in [0, 0.1) is 35.5 Å². The van der Waals surface area contributed by atoms with Gasteiger partial charge in [0, 0.05) is 5.69 Å². The number of rotatable bonds is 2. The van der Waals surface area contributed by atoms with Crippen LogP contribution >= 0.6 is 0 Å². The second kappa shape index (κ2) is 6.16. The van der Waals surface area contributed by atoms with Gasteiger partial charge >= 0.3 is 18.0 Å². The zero-order chi connectivity index (χ0) is 21.4. The summed E-state index contributed by atoms with van der Waals surface area (Å²) in [6.07, 6.45) is 0.317. The molecule has 5 aliphatic rings. The molecule has 6 atom stereocenters. The first-order chi connectivity index (χ1) is 14.2. The summed E-state index contributed by atoms with van der Waals surface area (Å²) < 4.78 is 38.4. The maximum Gasteiger partial charge on any atom is 0.416 e. The SMILES string of the molecule is O=C(Nc1cccc(C(F)(F)F)c1)C(=O)NN1C(=O)C2C3C=CC(C4CC34)C2C1=O. The molecule has 2 bridgehead atoms. The Morgan fingerprint density at radius 2 is 1.57 bits per heavy atom. The van der Waals surface area contributed by atoms with Crippen LogP contribution in [0.15, 0.2) is 36.4 Å². The number of imide groups is 1. The van der Waals surface area contributed by atoms with Gasteiger partial charge in [0.15, 0.2) is 0 Å². The van der Waals surface area contributed by atoms with E-state index in [0.717, 1.165) is 18.6 Å². The van der Waals surface area contributed by atoms with Crippen LogP contribution in [0.3, 0.4) is 0 Å². The molecule has 1 heterocycles. The molecule has 0 spiro atoms. The maximum absolute atomic E-state index is 12.8. The summed E-state index contributed by atoms with van der Waals surface area (Å²) in [7, 11) is 0. The monoisotopic (exact) mass is 419 g/mol. The second-order valence-electron chi connectivity index (χ2n) is 8.14. The lowest BCUT2D eigenvalue weighted by Crippen LogP contribution is -2.50. The zero-order valence-electron chi connectivity index (χ0n) is 15.3. The molecule has 4 amide bonds. The van der Waals surface area contributed by atoms with Gasteiger partial charge in [0.1, 0.15) is 0 Å². The molecule has 156 valence electrons. The molecular weight excluding hydrogens is 403 g/mol. The number of anilines is 1. The molecule has 4 aliphatic carbocycles. The lowest BCUT2D eigenvalue weighted by molar-refractivity contribution is -0.151. The van der Waals surface area contributed by atoms with Crippen LogP contribution < -0.4 is 10.7 Å². The fourth-order valence-corrected chi connectivity index (χ4v) is 5.18. The number of hydrogen-bond donors (Lipinski definition) is 2. The Hall–Kier alpha value is -3.17. The normalized spacial score (nSPS) is 33.2. The van der Waals surface area contributed by atoms with E-state index in [1.807, 2.05) is 17.6 Å². The molecule has 2 N–H and O–H groups in total. The molecule has 1 saturated heterocycles. The molecule has 1 aromatic rings. The van der Waals surface area contributed by atoms with E-state index in [1.165, 1.54) is 6.07 Å². The Balaban J connectivity index is 1.28. The van der Waals surface area contributed by atoms with Crippen molar-refractivity contribution < 1.29 is 32.3 Å². The van der Waals surface area contributed by atoms with Crippen molar-refractivity contribution in [1.82, 2.24) is 10.4 Å². The summed E-state index contributed by atoms with van der Waals surface area (Å²) in [5.41, 5.74) is 0.806. The Kier molecular flexibility index (Phi) is 3.87. The molecule has 2 saturated carbocycles. The third-order valence-electron chi connectivity index (χ3n) is 6.53. The number of allylic oxidation sites excluding steroid dienone is 2. The predicted octanol–water partition coefficient (Wildman–Crippen LogP) is 1.73. The highest BCUT2D eigenvalue weighted by Gasteiger charge is 2.67. The van der Waals surface area contributed by atoms with Gasteiger partial charge in [0.25, 0.3) is 11.8 Å². The van der Waals surface area contributed by atoms with Crippen LogP contribution in [0.4, 0.5) is 18.9 Å². The summed E-state index contributed by atoms with van der Waals surface area (Å²) in [6.45, 7) is 0. The van der Waals surface area contributed by atoms with Gasteiger partial charge in [-0.1, -0.05) is 18.2 Å². The number of amides is 4. The highest BCUT2D eigenvalue weighted by atomic mass is 19.4. The molecule has 0 aromatic heterocycles. The Morgan fingerprint density at radius 1 is 0.967 bits per heavy atom. The Morgan fingerprint density at radius 3 is 2.13 bits per heavy atom. The summed E-state index contributed by atoms with van der Waals surface area (Å²) in [4.78, 5) is 49.9. The van der Waals surface area contributed by atoms with Crippen LogP contribution in [0.5, 0.6) is 0 Å². The minimum absolute atomic E-state index is 0.0395. The number of nitrogens with zero attached hydrogens (tertiary/aromatic N) is 1. The Labute approximate surface area is 168 Å². The molecule has 6 unspecified atom stereocenters. The average Bonchev–Trinajstić information content (AvgIpc) is 3.48. The molecular formula is C20H16F3N3O4. The molecule has 1 aromatic carbocycles. The zero-order valence-corrected chi connectivity index (χ0v) is 15.3. The lowest BCUT2D eigenvalue weighted by Gasteiger charge is -2.37. The van der Waals surface area contributed by atoms with Gasteiger partial charge in [0.05, 0.1) is 17.4 Å². The predicted molar refractivity (Wildman–Crippen MR) is 94.8 cm³/mol. The van der Waals surface area contributed by atoms with Gasteiger partial charge in [-0.2, -0.15) is 18.2 Å². The maximum atomic E-state index is 12.8. The standard InChI is InChI=1S/C20H16F3N3O4/c21-20(22,23)8-2-1-3-9(6-8)24-16(27)17(28)25-26-18(29)14-10-4-5-11(13-7-12(10)13)15(14)19(26)30/h1-6,10-15H,7H2,(H,24,27)(H,25,28). The van der Waals surface area contributed by atoms with Crippen LogP contribution in [-0.4, -0.2) is 28.6 Å². The first kappa shape index (κ1) is 18.8. The average molecular weight is 419 g/mol. The molecule has 7 nitrogen and oxygen atoms in total. The summed E-state index contributed by atoms with van der Waals surface area (Å²) in [5, 5.41) is 2.65. The van der Waals surface area contributed by atoms with Crippen molar-refractivity contribution in [2.24, 2.45) is 35.5 Å². The van der Waals surface area contributed by atoms with E-state index in [-0.39, 0.29) is 17.5 Å². The molecule has 6 rings (SSSR count). The number of carbonyl (C=O) groups excluding carboxylic acids is 4. The van der Waals surface area contributed by atoms with Crippen molar-refractivity contribution in [3.8, 4) is 0 Å². The van der Waals surface area contributed by atoms with E-state index in [2.05, 4.69) is 5.32 Å². The van der Waals surface area contributed by atoms with Gasteiger partial charge in [-0.15, -0.1) is 0 Å². The van der Waals surface area contributed by atoms with Crippen molar-refractivity contribution in [2.75, 3.05) is 5.32 Å². The van der Waals surface area contributed by atoms with Crippen molar-refractivity contribution in [2.45, 2.75) is 12.6 Å². The highest BCUT2D eigenvalue weighted by Crippen LogP contribution is 2.65. The minimum Gasteiger partial charge on any atom is -0.318 e. The van der Waals surface area contributed by atoms with E-state index in [1.54, 1.807) is 0 Å². The van der Waals surface area contributed by atoms with Gasteiger partial charge in [-0.3, -0.25) is 19.2 Å². The number of benzene rings is 1. The molecule has 1 aliphatic heterocycles. The number of nitrogens with one attached hydrogen (secondary N) is 2. The molecule has 30 heavy (non-hydrogen) atoms. The largest absolute Gasteiger partial charge is 0.416 e. The highest BCUT2D eigenvalue weighted by molar-refractivity contribution is 6.40. The summed E-state index contributed by atoms with van der Waals surface area (Å²) in [5.74, 6) is -4.07. The number of halogens is 3. The van der Waals surface area contributed by atoms with Gasteiger partial charge in [-0.05, 0) is 48.3 Å². The van der Waals surface area contributed by atoms with Crippen LogP contribution in [0.2, 0.25) is 0 Å². The van der Waals surface area contributed by atoms with Crippen LogP contribution in [0.1, 0.15) is 12.0 Å². The summed E-state index contributed by atoms with van der Waals surface area (Å²) in [6, 6.07) is 3.78. The van der Waals surface area contributed by atoms with E-state index in [0.29, 0.717) is 22.9 Å². The first-order valence-corrected chi connectivity index (χ1v) is 9.52. The van der Waals surface area contributed by atoms with Gasteiger partial charge in [0.2, 0.25) is 0 Å². The van der Waals surface area contributed by atoms with Crippen molar-refractivity contribution in [3.05, 3.63) is 42.0 Å². The minimum atomic E-state index is -4.61. The van der Waals surface area contributed by atoms with Crippen LogP contribution in [-0.2, 0) is 25.4 Å². The topological polar surface area (TPSA) is 95.6 Å². The van der Waals surface area contributed by atoms with E-state index in [4.69, 9.17) is 0 Å². The molecule has 3 fully saturated rings. The Bertz CT molecular complexity index is 985. The van der Waals surface area contributed by atoms with Gasteiger partial charge in [-0.25, -0.2) is 5.43 Å². The second-order valence-corrected chi connectivity index (χ2v) is 8.14. The first-order valence-electron chi connectivity index (χ1n) is 9.52. The third-order valence-corrected chi connectivity index (χ3v) is 6.53. The van der Waals surface area contributed by atoms with Crippen molar-refractivity contribution in [3.63, 3.8) is 0 Å². The summed E-state index contributed by atoms with van der Waals surface area (Å²) >= 11 is 0. The number of hydrazine groups is 1. The lowest BCUT2D eigenvalue weighted by atomic mass is 9.63. The van der Waals surface area contributed by atoms with E-state index in [9.17, 15) is 32.3 Å². The molecule has 0 radical (unpaired) electrons. The van der Waals surface area contributed by atoms with Crippen molar-refractivity contribution in [1.29, 1.82) is 0 Å². The number of alkyl halides is 3. The van der Waals surface area contributed by atoms with E-state index >= 15 is 0 Å². The van der Waals surface area contributed by atoms with E-state index < -0.39 is 47.2 Å². The number of hydrogen-bond acceptors (Lipinski definition) is 4. The van der Waals surface area contributed by atoms with Crippen LogP contribution in [0.25, 0.3) is 0 Å².